The Balaban J connectivity index is 2.89. The van der Waals surface area contributed by atoms with Gasteiger partial charge < -0.3 is 9.30 Å². The van der Waals surface area contributed by atoms with Crippen molar-refractivity contribution in [2.24, 2.45) is 0 Å². The van der Waals surface area contributed by atoms with E-state index < -0.39 is 6.04 Å². The van der Waals surface area contributed by atoms with E-state index in [9.17, 15) is 9.59 Å². The van der Waals surface area contributed by atoms with Crippen LogP contribution in [0.2, 0.25) is 0 Å². The van der Waals surface area contributed by atoms with Crippen LogP contribution >= 0.6 is 0 Å². The van der Waals surface area contributed by atoms with E-state index in [0.29, 0.717) is 6.61 Å². The molecule has 0 saturated carbocycles. The Kier molecular flexibility index (Phi) is 3.45. The fraction of sp³-hybridized carbons (Fsp3) is 0.400. The topological polar surface area (TPSA) is 48.3 Å². The zero-order valence-electron chi connectivity index (χ0n) is 8.27. The molecule has 1 heterocycles. The Morgan fingerprint density at radius 2 is 2.29 bits per heavy atom. The number of aromatic nitrogens is 1. The molecule has 0 aromatic carbocycles. The molecule has 0 aliphatic rings. The van der Waals surface area contributed by atoms with Gasteiger partial charge in [-0.1, -0.05) is 6.07 Å². The van der Waals surface area contributed by atoms with Gasteiger partial charge in [0.1, 0.15) is 6.04 Å². The number of pyridine rings is 1. The van der Waals surface area contributed by atoms with Gasteiger partial charge in [-0.05, 0) is 19.9 Å². The normalized spacial score (nSPS) is 12.1. The second kappa shape index (κ2) is 4.60. The van der Waals surface area contributed by atoms with Crippen molar-refractivity contribution < 1.29 is 9.53 Å². The highest BCUT2D eigenvalue weighted by Crippen LogP contribution is 2.03. The fourth-order valence-electron chi connectivity index (χ4n) is 1.14. The van der Waals surface area contributed by atoms with Crippen molar-refractivity contribution in [2.45, 2.75) is 19.9 Å². The minimum Gasteiger partial charge on any atom is -0.464 e. The van der Waals surface area contributed by atoms with E-state index in [0.717, 1.165) is 0 Å². The van der Waals surface area contributed by atoms with Crippen LogP contribution < -0.4 is 5.56 Å². The highest BCUT2D eigenvalue weighted by Gasteiger charge is 2.15. The van der Waals surface area contributed by atoms with Crippen LogP contribution in [0.1, 0.15) is 19.9 Å². The van der Waals surface area contributed by atoms with E-state index >= 15 is 0 Å². The molecule has 1 aromatic heterocycles. The molecule has 0 radical (unpaired) electrons. The van der Waals surface area contributed by atoms with Crippen molar-refractivity contribution in [3.05, 3.63) is 34.7 Å². The van der Waals surface area contributed by atoms with Crippen LogP contribution in [0, 0.1) is 0 Å². The zero-order valence-corrected chi connectivity index (χ0v) is 8.27. The molecule has 14 heavy (non-hydrogen) atoms. The number of esters is 1. The molecule has 0 amide bonds. The number of ether oxygens (including phenoxy) is 1. The smallest absolute Gasteiger partial charge is 0.328 e. The zero-order chi connectivity index (χ0) is 10.6. The highest BCUT2D eigenvalue weighted by atomic mass is 16.5. The Bertz CT molecular complexity index is 370. The molecule has 76 valence electrons. The Hall–Kier alpha value is -1.58. The fourth-order valence-corrected chi connectivity index (χ4v) is 1.14. The first-order valence-corrected chi connectivity index (χ1v) is 4.50. The first-order chi connectivity index (χ1) is 6.66. The molecule has 0 fully saturated rings. The lowest BCUT2D eigenvalue weighted by molar-refractivity contribution is -0.146. The average Bonchev–Trinajstić information content (AvgIpc) is 2.18. The molecule has 0 spiro atoms. The van der Waals surface area contributed by atoms with Crippen molar-refractivity contribution in [1.82, 2.24) is 4.57 Å². The maximum atomic E-state index is 11.3. The predicted molar refractivity (Wildman–Crippen MR) is 52.0 cm³/mol. The first kappa shape index (κ1) is 10.5. The second-order valence-corrected chi connectivity index (χ2v) is 2.87. The lowest BCUT2D eigenvalue weighted by Gasteiger charge is -2.12. The maximum Gasteiger partial charge on any atom is 0.328 e. The lowest BCUT2D eigenvalue weighted by atomic mass is 10.3. The SMILES string of the molecule is CCOC(=O)[C@H](C)n1ccccc1=O. The van der Waals surface area contributed by atoms with Gasteiger partial charge in [-0.2, -0.15) is 0 Å². The molecule has 1 aromatic rings. The average molecular weight is 195 g/mol. The Morgan fingerprint density at radius 3 is 2.86 bits per heavy atom. The van der Waals surface area contributed by atoms with Gasteiger partial charge >= 0.3 is 5.97 Å². The van der Waals surface area contributed by atoms with Crippen LogP contribution in [0.3, 0.4) is 0 Å². The van der Waals surface area contributed by atoms with Gasteiger partial charge in [-0.3, -0.25) is 4.79 Å². The molecule has 0 bridgehead atoms. The van der Waals surface area contributed by atoms with Crippen molar-refractivity contribution in [1.29, 1.82) is 0 Å². The summed E-state index contributed by atoms with van der Waals surface area (Å²) >= 11 is 0. The number of hydrogen-bond donors (Lipinski definition) is 0. The first-order valence-electron chi connectivity index (χ1n) is 4.50. The third kappa shape index (κ3) is 2.22. The predicted octanol–water partition coefficient (Wildman–Crippen LogP) is 0.972. The monoisotopic (exact) mass is 195 g/mol. The highest BCUT2D eigenvalue weighted by molar-refractivity contribution is 5.73. The molecule has 0 unspecified atom stereocenters. The molecule has 4 nitrogen and oxygen atoms in total. The van der Waals surface area contributed by atoms with Gasteiger partial charge in [-0.15, -0.1) is 0 Å². The Morgan fingerprint density at radius 1 is 1.57 bits per heavy atom. The minimum absolute atomic E-state index is 0.201. The van der Waals surface area contributed by atoms with E-state index in [1.807, 2.05) is 0 Å². The summed E-state index contributed by atoms with van der Waals surface area (Å²) < 4.78 is 6.16. The molecule has 1 atom stereocenters. The van der Waals surface area contributed by atoms with Crippen LogP contribution in [0.15, 0.2) is 29.2 Å². The standard InChI is InChI=1S/C10H13NO3/c1-3-14-10(13)8(2)11-7-5-4-6-9(11)12/h4-8H,3H2,1-2H3/t8-/m0/s1. The van der Waals surface area contributed by atoms with Gasteiger partial charge in [0, 0.05) is 12.3 Å². The summed E-state index contributed by atoms with van der Waals surface area (Å²) in [5.41, 5.74) is -0.201. The van der Waals surface area contributed by atoms with Crippen molar-refractivity contribution in [3.63, 3.8) is 0 Å². The number of carbonyl (C=O) groups is 1. The van der Waals surface area contributed by atoms with Crippen molar-refractivity contribution in [3.8, 4) is 0 Å². The summed E-state index contributed by atoms with van der Waals surface area (Å²) in [6, 6.07) is 4.19. The molecular formula is C10H13NO3. The quantitative estimate of drug-likeness (QED) is 0.675. The molecule has 0 aliphatic carbocycles. The van der Waals surface area contributed by atoms with E-state index in [4.69, 9.17) is 4.74 Å². The maximum absolute atomic E-state index is 11.3. The molecule has 1 rings (SSSR count). The molecule has 0 aliphatic heterocycles. The van der Waals surface area contributed by atoms with Crippen molar-refractivity contribution >= 4 is 5.97 Å². The molecule has 4 heteroatoms. The molecule has 0 saturated heterocycles. The second-order valence-electron chi connectivity index (χ2n) is 2.87. The largest absolute Gasteiger partial charge is 0.464 e. The van der Waals surface area contributed by atoms with E-state index in [1.54, 1.807) is 32.2 Å². The molecular weight excluding hydrogens is 182 g/mol. The van der Waals surface area contributed by atoms with Gasteiger partial charge in [0.25, 0.3) is 5.56 Å². The third-order valence-electron chi connectivity index (χ3n) is 1.90. The van der Waals surface area contributed by atoms with Crippen LogP contribution in [-0.4, -0.2) is 17.1 Å². The van der Waals surface area contributed by atoms with E-state index in [1.165, 1.54) is 10.6 Å². The summed E-state index contributed by atoms with van der Waals surface area (Å²) in [7, 11) is 0. The van der Waals surface area contributed by atoms with Gasteiger partial charge in [0.2, 0.25) is 0 Å². The van der Waals surface area contributed by atoms with Gasteiger partial charge in [0.05, 0.1) is 6.61 Å². The van der Waals surface area contributed by atoms with Crippen LogP contribution in [0.5, 0.6) is 0 Å². The van der Waals surface area contributed by atoms with Gasteiger partial charge in [-0.25, -0.2) is 4.79 Å². The summed E-state index contributed by atoms with van der Waals surface area (Å²) in [6.45, 7) is 3.70. The number of hydrogen-bond acceptors (Lipinski definition) is 3. The minimum atomic E-state index is -0.566. The lowest BCUT2D eigenvalue weighted by Crippen LogP contribution is -2.28. The van der Waals surface area contributed by atoms with E-state index in [2.05, 4.69) is 0 Å². The van der Waals surface area contributed by atoms with Crippen LogP contribution in [0.4, 0.5) is 0 Å². The summed E-state index contributed by atoms with van der Waals surface area (Å²) in [5.74, 6) is -0.388. The van der Waals surface area contributed by atoms with Gasteiger partial charge in [0.15, 0.2) is 0 Å². The summed E-state index contributed by atoms with van der Waals surface area (Å²) in [4.78, 5) is 22.6. The van der Waals surface area contributed by atoms with Crippen molar-refractivity contribution in [2.75, 3.05) is 6.61 Å². The number of carbonyl (C=O) groups excluding carboxylic acids is 1. The number of nitrogens with zero attached hydrogens (tertiary/aromatic N) is 1. The van der Waals surface area contributed by atoms with Crippen LogP contribution in [0.25, 0.3) is 0 Å². The summed E-state index contributed by atoms with van der Waals surface area (Å²) in [5, 5.41) is 0. The Labute approximate surface area is 82.1 Å². The third-order valence-corrected chi connectivity index (χ3v) is 1.90. The number of rotatable bonds is 3. The van der Waals surface area contributed by atoms with E-state index in [-0.39, 0.29) is 11.5 Å². The molecule has 0 N–H and O–H groups in total. The van der Waals surface area contributed by atoms with Crippen LogP contribution in [-0.2, 0) is 9.53 Å². The summed E-state index contributed by atoms with van der Waals surface area (Å²) in [6.07, 6.45) is 1.57.